The van der Waals surface area contributed by atoms with Crippen molar-refractivity contribution in [2.45, 2.75) is 39.8 Å². The highest BCUT2D eigenvalue weighted by molar-refractivity contribution is 14.0. The van der Waals surface area contributed by atoms with Crippen LogP contribution < -0.4 is 10.6 Å². The third-order valence-electron chi connectivity index (χ3n) is 3.39. The lowest BCUT2D eigenvalue weighted by Gasteiger charge is -2.11. The molecule has 2 rings (SSSR count). The maximum Gasteiger partial charge on any atom is 0.192 e. The van der Waals surface area contributed by atoms with Gasteiger partial charge in [0, 0.05) is 13.6 Å². The number of halogens is 1. The molecule has 0 unspecified atom stereocenters. The van der Waals surface area contributed by atoms with Gasteiger partial charge in [0.2, 0.25) is 0 Å². The van der Waals surface area contributed by atoms with Gasteiger partial charge >= 0.3 is 0 Å². The van der Waals surface area contributed by atoms with Crippen LogP contribution in [0.2, 0.25) is 0 Å². The number of aryl methyl sites for hydroxylation is 1. The topological polar surface area (TPSA) is 80.3 Å². The third-order valence-corrected chi connectivity index (χ3v) is 3.39. The molecule has 23 heavy (non-hydrogen) atoms. The molecule has 0 radical (unpaired) electrons. The number of furan rings is 1. The molecule has 2 aromatic heterocycles. The molecule has 2 aromatic rings. The number of nitrogens with one attached hydrogen (secondary N) is 2. The first kappa shape index (κ1) is 19.5. The van der Waals surface area contributed by atoms with Crippen molar-refractivity contribution in [2.75, 3.05) is 6.54 Å². The Balaban J connectivity index is 0.00000264. The van der Waals surface area contributed by atoms with Crippen LogP contribution in [0, 0.1) is 6.92 Å². The van der Waals surface area contributed by atoms with E-state index in [1.165, 1.54) is 0 Å². The van der Waals surface area contributed by atoms with Gasteiger partial charge in [0.25, 0.3) is 0 Å². The lowest BCUT2D eigenvalue weighted by atomic mass is 10.3. The molecule has 2 heterocycles. The molecular formula is C15H25IN6O. The molecule has 0 amide bonds. The monoisotopic (exact) mass is 432 g/mol. The third kappa shape index (κ3) is 6.20. The van der Waals surface area contributed by atoms with Crippen LogP contribution in [-0.4, -0.2) is 27.3 Å². The summed E-state index contributed by atoms with van der Waals surface area (Å²) in [5, 5.41) is 14.8. The van der Waals surface area contributed by atoms with E-state index in [0.717, 1.165) is 42.8 Å². The van der Waals surface area contributed by atoms with Crippen molar-refractivity contribution in [3.63, 3.8) is 0 Å². The van der Waals surface area contributed by atoms with Crippen LogP contribution in [0.1, 0.15) is 37.2 Å². The van der Waals surface area contributed by atoms with E-state index in [-0.39, 0.29) is 24.0 Å². The van der Waals surface area contributed by atoms with Crippen LogP contribution in [0.25, 0.3) is 0 Å². The Morgan fingerprint density at radius 3 is 2.78 bits per heavy atom. The molecule has 2 N–H and O–H groups in total. The highest BCUT2D eigenvalue weighted by Crippen LogP contribution is 2.01. The second kappa shape index (κ2) is 10.2. The number of nitrogens with zero attached hydrogens (tertiary/aromatic N) is 4. The second-order valence-corrected chi connectivity index (χ2v) is 5.10. The molecule has 0 fully saturated rings. The smallest absolute Gasteiger partial charge is 0.192 e. The maximum absolute atomic E-state index is 5.32. The fourth-order valence-corrected chi connectivity index (χ4v) is 1.88. The number of rotatable bonds is 7. The van der Waals surface area contributed by atoms with E-state index < -0.39 is 0 Å². The number of hydrogen-bond acceptors (Lipinski definition) is 4. The minimum Gasteiger partial charge on any atom is -0.467 e. The summed E-state index contributed by atoms with van der Waals surface area (Å²) in [6.45, 7) is 6.06. The number of aromatic nitrogens is 3. The molecule has 0 saturated heterocycles. The van der Waals surface area contributed by atoms with Crippen molar-refractivity contribution in [2.24, 2.45) is 12.0 Å². The first-order valence-corrected chi connectivity index (χ1v) is 7.60. The van der Waals surface area contributed by atoms with Gasteiger partial charge in [0.15, 0.2) is 11.8 Å². The first-order valence-electron chi connectivity index (χ1n) is 7.60. The van der Waals surface area contributed by atoms with Gasteiger partial charge in [-0.2, -0.15) is 0 Å². The number of guanidine groups is 1. The molecule has 0 bridgehead atoms. The van der Waals surface area contributed by atoms with Gasteiger partial charge in [-0.05, 0) is 25.5 Å². The molecule has 0 saturated carbocycles. The van der Waals surface area contributed by atoms with Crippen molar-refractivity contribution >= 4 is 29.9 Å². The van der Waals surface area contributed by atoms with E-state index in [2.05, 4.69) is 32.7 Å². The average molecular weight is 432 g/mol. The zero-order valence-corrected chi connectivity index (χ0v) is 16.2. The van der Waals surface area contributed by atoms with Crippen molar-refractivity contribution in [1.29, 1.82) is 0 Å². The van der Waals surface area contributed by atoms with Crippen LogP contribution >= 0.6 is 24.0 Å². The van der Waals surface area contributed by atoms with Crippen molar-refractivity contribution in [3.8, 4) is 0 Å². The van der Waals surface area contributed by atoms with Crippen molar-refractivity contribution in [3.05, 3.63) is 35.8 Å². The summed E-state index contributed by atoms with van der Waals surface area (Å²) in [5.74, 6) is 3.35. The van der Waals surface area contributed by atoms with Gasteiger partial charge in [-0.3, -0.25) is 0 Å². The van der Waals surface area contributed by atoms with E-state index in [9.17, 15) is 0 Å². The molecule has 0 aromatic carbocycles. The van der Waals surface area contributed by atoms with Crippen LogP contribution in [0.3, 0.4) is 0 Å². The molecule has 128 valence electrons. The van der Waals surface area contributed by atoms with Crippen molar-refractivity contribution in [1.82, 2.24) is 25.4 Å². The zero-order valence-electron chi connectivity index (χ0n) is 13.9. The van der Waals surface area contributed by atoms with E-state index in [0.29, 0.717) is 13.1 Å². The Bertz CT molecular complexity index is 593. The first-order chi connectivity index (χ1) is 10.7. The highest BCUT2D eigenvalue weighted by Gasteiger charge is 2.05. The van der Waals surface area contributed by atoms with Crippen LogP contribution in [0.5, 0.6) is 0 Å². The molecular weight excluding hydrogens is 407 g/mol. The Morgan fingerprint density at radius 2 is 2.17 bits per heavy atom. The highest BCUT2D eigenvalue weighted by atomic mass is 127. The Kier molecular flexibility index (Phi) is 8.67. The predicted octanol–water partition coefficient (Wildman–Crippen LogP) is 2.37. The molecule has 0 atom stereocenters. The maximum atomic E-state index is 5.32. The minimum atomic E-state index is 0. The fourth-order valence-electron chi connectivity index (χ4n) is 1.88. The summed E-state index contributed by atoms with van der Waals surface area (Å²) in [6.07, 6.45) is 3.91. The number of unbranched alkanes of at least 4 members (excludes halogenated alkanes) is 1. The molecule has 0 aliphatic heterocycles. The summed E-state index contributed by atoms with van der Waals surface area (Å²) in [7, 11) is 1.95. The molecule has 0 aliphatic rings. The molecule has 0 aliphatic carbocycles. The fraction of sp³-hybridized carbons (Fsp3) is 0.533. The van der Waals surface area contributed by atoms with E-state index in [1.54, 1.807) is 6.26 Å². The largest absolute Gasteiger partial charge is 0.467 e. The zero-order chi connectivity index (χ0) is 15.8. The second-order valence-electron chi connectivity index (χ2n) is 5.10. The lowest BCUT2D eigenvalue weighted by molar-refractivity contribution is 0.501. The van der Waals surface area contributed by atoms with Crippen molar-refractivity contribution < 1.29 is 4.42 Å². The Morgan fingerprint density at radius 1 is 1.35 bits per heavy atom. The molecule has 7 nitrogen and oxygen atoms in total. The molecule has 0 spiro atoms. The minimum absolute atomic E-state index is 0. The SMILES string of the molecule is CCCCNC(=NCc1nnc(C)n1C)NCc1ccco1.I. The summed E-state index contributed by atoms with van der Waals surface area (Å²) < 4.78 is 7.27. The summed E-state index contributed by atoms with van der Waals surface area (Å²) in [5.41, 5.74) is 0. The molecule has 8 heteroatoms. The Hall–Kier alpha value is -1.58. The van der Waals surface area contributed by atoms with Gasteiger partial charge in [-0.25, -0.2) is 4.99 Å². The number of hydrogen-bond donors (Lipinski definition) is 2. The average Bonchev–Trinajstić information content (AvgIpc) is 3.14. The predicted molar refractivity (Wildman–Crippen MR) is 101 cm³/mol. The number of aliphatic imine (C=N–C) groups is 1. The van der Waals surface area contributed by atoms with E-state index >= 15 is 0 Å². The standard InChI is InChI=1S/C15H24N6O.HI/c1-4-5-8-16-15(17-10-13-7-6-9-22-13)18-11-14-20-19-12(2)21(14)3;/h6-7,9H,4-5,8,10-11H2,1-3H3,(H2,16,17,18);1H. The van der Waals surface area contributed by atoms with Gasteiger partial charge in [0.05, 0.1) is 12.8 Å². The lowest BCUT2D eigenvalue weighted by Crippen LogP contribution is -2.37. The summed E-state index contributed by atoms with van der Waals surface area (Å²) in [6, 6.07) is 3.81. The van der Waals surface area contributed by atoms with Crippen LogP contribution in [0.15, 0.2) is 27.8 Å². The van der Waals surface area contributed by atoms with Crippen LogP contribution in [0.4, 0.5) is 0 Å². The summed E-state index contributed by atoms with van der Waals surface area (Å²) in [4.78, 5) is 4.57. The van der Waals surface area contributed by atoms with Gasteiger partial charge < -0.3 is 19.6 Å². The van der Waals surface area contributed by atoms with Gasteiger partial charge in [0.1, 0.15) is 18.1 Å². The van der Waals surface area contributed by atoms with E-state index in [4.69, 9.17) is 4.42 Å². The quantitative estimate of drug-likeness (QED) is 0.304. The van der Waals surface area contributed by atoms with E-state index in [1.807, 2.05) is 30.7 Å². The normalized spacial score (nSPS) is 11.2. The van der Waals surface area contributed by atoms with Gasteiger partial charge in [-0.1, -0.05) is 13.3 Å². The van der Waals surface area contributed by atoms with Crippen LogP contribution in [-0.2, 0) is 20.1 Å². The van der Waals surface area contributed by atoms with Gasteiger partial charge in [-0.15, -0.1) is 34.2 Å². The summed E-state index contributed by atoms with van der Waals surface area (Å²) >= 11 is 0. The Labute approximate surface area is 154 Å².